The van der Waals surface area contributed by atoms with E-state index in [0.717, 1.165) is 11.5 Å². The normalized spacial score (nSPS) is 14.3. The lowest BCUT2D eigenvalue weighted by Crippen LogP contribution is -2.14. The Morgan fingerprint density at radius 2 is 2.38 bits per heavy atom. The van der Waals surface area contributed by atoms with Crippen molar-refractivity contribution in [1.29, 1.82) is 0 Å². The maximum Gasteiger partial charge on any atom is 0.228 e. The zero-order valence-corrected chi connectivity index (χ0v) is 9.36. The largest absolute Gasteiger partial charge is 0.228 e. The summed E-state index contributed by atoms with van der Waals surface area (Å²) in [5.74, 6) is 0.305. The molecule has 1 aromatic rings. The summed E-state index contributed by atoms with van der Waals surface area (Å²) in [6.07, 6.45) is 1.24. The minimum Gasteiger partial charge on any atom is -0.221 e. The molecule has 0 saturated heterocycles. The highest BCUT2D eigenvalue weighted by atomic mass is 35.5. The summed E-state index contributed by atoms with van der Waals surface area (Å²) in [6.45, 7) is 1.78. The SMILES string of the molecule is CC(CCl)CS(=O)(=O)c1ncns1. The van der Waals surface area contributed by atoms with Crippen LogP contribution in [0.25, 0.3) is 0 Å². The van der Waals surface area contributed by atoms with Gasteiger partial charge in [0.1, 0.15) is 6.33 Å². The second-order valence-corrected chi connectivity index (χ2v) is 6.04. The average Bonchev–Trinajstić information content (AvgIpc) is 2.55. The van der Waals surface area contributed by atoms with Crippen molar-refractivity contribution in [2.24, 2.45) is 5.92 Å². The van der Waals surface area contributed by atoms with Crippen LogP contribution in [0.1, 0.15) is 6.92 Å². The van der Waals surface area contributed by atoms with Crippen LogP contribution in [-0.2, 0) is 9.84 Å². The Labute approximate surface area is 86.0 Å². The number of nitrogens with zero attached hydrogens (tertiary/aromatic N) is 2. The number of halogens is 1. The molecule has 1 aromatic heterocycles. The molecule has 0 saturated carbocycles. The van der Waals surface area contributed by atoms with Crippen LogP contribution in [0, 0.1) is 5.92 Å². The van der Waals surface area contributed by atoms with E-state index < -0.39 is 9.84 Å². The summed E-state index contributed by atoms with van der Waals surface area (Å²) in [4.78, 5) is 3.65. The van der Waals surface area contributed by atoms with Crippen molar-refractivity contribution >= 4 is 33.0 Å². The summed E-state index contributed by atoms with van der Waals surface area (Å²) in [5, 5.41) is 0. The van der Waals surface area contributed by atoms with Gasteiger partial charge < -0.3 is 0 Å². The lowest BCUT2D eigenvalue weighted by molar-refractivity contribution is 0.582. The quantitative estimate of drug-likeness (QED) is 0.742. The molecule has 13 heavy (non-hydrogen) atoms. The van der Waals surface area contributed by atoms with Crippen LogP contribution in [0.5, 0.6) is 0 Å². The first-order chi connectivity index (χ1) is 6.06. The van der Waals surface area contributed by atoms with Crippen molar-refractivity contribution in [3.8, 4) is 0 Å². The van der Waals surface area contributed by atoms with Crippen LogP contribution < -0.4 is 0 Å². The first kappa shape index (κ1) is 10.9. The fourth-order valence-electron chi connectivity index (χ4n) is 0.790. The van der Waals surface area contributed by atoms with E-state index in [9.17, 15) is 8.42 Å². The van der Waals surface area contributed by atoms with E-state index in [1.54, 1.807) is 6.92 Å². The monoisotopic (exact) mass is 240 g/mol. The highest BCUT2D eigenvalue weighted by molar-refractivity contribution is 7.93. The molecule has 1 heterocycles. The van der Waals surface area contributed by atoms with Crippen molar-refractivity contribution in [1.82, 2.24) is 9.36 Å². The van der Waals surface area contributed by atoms with Crippen LogP contribution in [-0.4, -0.2) is 29.4 Å². The molecule has 74 valence electrons. The maximum atomic E-state index is 11.5. The van der Waals surface area contributed by atoms with Gasteiger partial charge in [0, 0.05) is 5.88 Å². The number of hydrogen-bond donors (Lipinski definition) is 0. The zero-order chi connectivity index (χ0) is 9.90. The Morgan fingerprint density at radius 1 is 1.69 bits per heavy atom. The van der Waals surface area contributed by atoms with E-state index in [-0.39, 0.29) is 16.0 Å². The fourth-order valence-corrected chi connectivity index (χ4v) is 3.31. The van der Waals surface area contributed by atoms with E-state index >= 15 is 0 Å². The Morgan fingerprint density at radius 3 is 2.85 bits per heavy atom. The fraction of sp³-hybridized carbons (Fsp3) is 0.667. The van der Waals surface area contributed by atoms with Crippen LogP contribution in [0.15, 0.2) is 10.7 Å². The van der Waals surface area contributed by atoms with Gasteiger partial charge in [-0.3, -0.25) is 0 Å². The van der Waals surface area contributed by atoms with Gasteiger partial charge in [0.25, 0.3) is 0 Å². The standard InChI is InChI=1S/C6H9ClN2O2S2/c1-5(2-7)3-13(10,11)6-8-4-9-12-6/h4-5H,2-3H2,1H3. The van der Waals surface area contributed by atoms with Crippen molar-refractivity contribution in [2.75, 3.05) is 11.6 Å². The van der Waals surface area contributed by atoms with Gasteiger partial charge >= 0.3 is 0 Å². The highest BCUT2D eigenvalue weighted by Crippen LogP contribution is 2.14. The third kappa shape index (κ3) is 2.89. The minimum absolute atomic E-state index is 0.0334. The van der Waals surface area contributed by atoms with E-state index in [2.05, 4.69) is 9.36 Å². The second kappa shape index (κ2) is 4.34. The molecule has 0 fully saturated rings. The number of alkyl halides is 1. The molecule has 0 aromatic carbocycles. The molecule has 0 aliphatic heterocycles. The first-order valence-electron chi connectivity index (χ1n) is 3.61. The summed E-state index contributed by atoms with van der Waals surface area (Å²) < 4.78 is 26.7. The molecular weight excluding hydrogens is 232 g/mol. The van der Waals surface area contributed by atoms with E-state index in [1.165, 1.54) is 6.33 Å². The maximum absolute atomic E-state index is 11.5. The molecule has 1 rings (SSSR count). The number of sulfone groups is 1. The van der Waals surface area contributed by atoms with Crippen molar-refractivity contribution in [3.05, 3.63) is 6.33 Å². The topological polar surface area (TPSA) is 59.9 Å². The van der Waals surface area contributed by atoms with Gasteiger partial charge in [0.15, 0.2) is 0 Å². The van der Waals surface area contributed by atoms with E-state index in [4.69, 9.17) is 11.6 Å². The molecule has 0 spiro atoms. The molecule has 0 radical (unpaired) electrons. The van der Waals surface area contributed by atoms with Crippen LogP contribution in [0.2, 0.25) is 0 Å². The molecular formula is C6H9ClN2O2S2. The van der Waals surface area contributed by atoms with E-state index in [1.807, 2.05) is 0 Å². The molecule has 0 aliphatic rings. The molecule has 4 nitrogen and oxygen atoms in total. The van der Waals surface area contributed by atoms with Gasteiger partial charge in [0.2, 0.25) is 14.2 Å². The summed E-state index contributed by atoms with van der Waals surface area (Å²) >= 11 is 6.41. The van der Waals surface area contributed by atoms with Crippen LogP contribution in [0.4, 0.5) is 0 Å². The Balaban J connectivity index is 2.79. The smallest absolute Gasteiger partial charge is 0.221 e. The van der Waals surface area contributed by atoms with Gasteiger partial charge in [-0.2, -0.15) is 4.37 Å². The summed E-state index contributed by atoms with van der Waals surface area (Å²) in [6, 6.07) is 0. The average molecular weight is 241 g/mol. The van der Waals surface area contributed by atoms with Crippen molar-refractivity contribution in [3.63, 3.8) is 0 Å². The summed E-state index contributed by atoms with van der Waals surface area (Å²) in [5.41, 5.74) is 0. The van der Waals surface area contributed by atoms with Crippen LogP contribution >= 0.6 is 23.1 Å². The third-order valence-corrected chi connectivity index (χ3v) is 4.99. The lowest BCUT2D eigenvalue weighted by Gasteiger charge is -2.04. The van der Waals surface area contributed by atoms with Gasteiger partial charge in [-0.25, -0.2) is 13.4 Å². The van der Waals surface area contributed by atoms with Gasteiger partial charge in [-0.15, -0.1) is 11.6 Å². The van der Waals surface area contributed by atoms with Crippen LogP contribution in [0.3, 0.4) is 0 Å². The predicted molar refractivity (Wildman–Crippen MR) is 51.8 cm³/mol. The Hall–Kier alpha value is -0.200. The minimum atomic E-state index is -3.27. The Bertz CT molecular complexity index is 349. The lowest BCUT2D eigenvalue weighted by atomic mass is 10.3. The molecule has 0 aliphatic carbocycles. The Kier molecular flexibility index (Phi) is 3.63. The van der Waals surface area contributed by atoms with Gasteiger partial charge in [-0.05, 0) is 17.5 Å². The highest BCUT2D eigenvalue weighted by Gasteiger charge is 2.20. The second-order valence-electron chi connectivity index (χ2n) is 2.75. The molecule has 0 amide bonds. The number of hydrogen-bond acceptors (Lipinski definition) is 5. The first-order valence-corrected chi connectivity index (χ1v) is 6.57. The van der Waals surface area contributed by atoms with Crippen molar-refractivity contribution < 1.29 is 8.42 Å². The molecule has 1 atom stereocenters. The van der Waals surface area contributed by atoms with Crippen molar-refractivity contribution in [2.45, 2.75) is 11.3 Å². The third-order valence-electron chi connectivity index (χ3n) is 1.37. The molecule has 1 unspecified atom stereocenters. The number of aromatic nitrogens is 2. The van der Waals surface area contributed by atoms with Gasteiger partial charge in [-0.1, -0.05) is 6.92 Å². The summed E-state index contributed by atoms with van der Waals surface area (Å²) in [7, 11) is -3.27. The molecule has 7 heteroatoms. The molecule has 0 bridgehead atoms. The van der Waals surface area contributed by atoms with E-state index in [0.29, 0.717) is 5.88 Å². The predicted octanol–water partition coefficient (Wildman–Crippen LogP) is 1.19. The van der Waals surface area contributed by atoms with Gasteiger partial charge in [0.05, 0.1) is 5.75 Å². The zero-order valence-electron chi connectivity index (χ0n) is 6.97. The number of rotatable bonds is 4. The molecule has 0 N–H and O–H groups in total.